The normalized spacial score (nSPS) is 10.8. The van der Waals surface area contributed by atoms with Crippen LogP contribution in [0.4, 0.5) is 8.78 Å². The van der Waals surface area contributed by atoms with Gasteiger partial charge in [0.25, 0.3) is 12.0 Å². The first kappa shape index (κ1) is 11.5. The second-order valence-electron chi connectivity index (χ2n) is 3.81. The van der Waals surface area contributed by atoms with Crippen LogP contribution >= 0.6 is 0 Å². The average Bonchev–Trinajstić information content (AvgIpc) is 2.31. The van der Waals surface area contributed by atoms with E-state index in [9.17, 15) is 13.6 Å². The Balaban J connectivity index is 2.54. The van der Waals surface area contributed by atoms with Crippen molar-refractivity contribution >= 4 is 0 Å². The summed E-state index contributed by atoms with van der Waals surface area (Å²) in [5.74, 6) is 0. The lowest BCUT2D eigenvalue weighted by atomic mass is 10.2. The van der Waals surface area contributed by atoms with Crippen molar-refractivity contribution in [2.45, 2.75) is 13.3 Å². The van der Waals surface area contributed by atoms with E-state index in [0.717, 1.165) is 17.7 Å². The molecule has 88 valence electrons. The van der Waals surface area contributed by atoms with Crippen molar-refractivity contribution in [2.24, 2.45) is 0 Å². The number of aryl methyl sites for hydroxylation is 1. The van der Waals surface area contributed by atoms with E-state index in [1.807, 2.05) is 19.1 Å². The number of nitrogens with zero attached hydrogens (tertiary/aromatic N) is 1. The van der Waals surface area contributed by atoms with E-state index in [0.29, 0.717) is 5.69 Å². The van der Waals surface area contributed by atoms with E-state index < -0.39 is 6.43 Å². The third-order valence-electron chi connectivity index (χ3n) is 2.50. The van der Waals surface area contributed by atoms with E-state index in [1.54, 1.807) is 12.1 Å². The molecule has 0 atom stereocenters. The number of halogens is 2. The molecule has 2 aromatic rings. The number of aromatic nitrogens is 1. The Labute approximate surface area is 97.1 Å². The highest BCUT2D eigenvalue weighted by atomic mass is 19.3. The Morgan fingerprint density at radius 3 is 2.29 bits per heavy atom. The molecule has 0 aliphatic heterocycles. The summed E-state index contributed by atoms with van der Waals surface area (Å²) < 4.78 is 26.3. The third-order valence-corrected chi connectivity index (χ3v) is 2.50. The van der Waals surface area contributed by atoms with Crippen molar-refractivity contribution in [3.63, 3.8) is 0 Å². The number of hydrogen-bond acceptors (Lipinski definition) is 1. The highest BCUT2D eigenvalue weighted by molar-refractivity contribution is 5.35. The molecule has 0 spiro atoms. The molecule has 0 N–H and O–H groups in total. The van der Waals surface area contributed by atoms with Crippen LogP contribution < -0.4 is 5.56 Å². The number of rotatable bonds is 2. The van der Waals surface area contributed by atoms with Crippen LogP contribution in [0.25, 0.3) is 5.69 Å². The number of hydrogen-bond donors (Lipinski definition) is 0. The zero-order chi connectivity index (χ0) is 12.4. The van der Waals surface area contributed by atoms with Gasteiger partial charge in [0, 0.05) is 23.5 Å². The van der Waals surface area contributed by atoms with E-state index in [2.05, 4.69) is 0 Å². The van der Waals surface area contributed by atoms with Crippen molar-refractivity contribution in [1.82, 2.24) is 4.57 Å². The fraction of sp³-hybridized carbons (Fsp3) is 0.154. The molecule has 0 aliphatic carbocycles. The Morgan fingerprint density at radius 1 is 1.06 bits per heavy atom. The van der Waals surface area contributed by atoms with Crippen LogP contribution in [0.5, 0.6) is 0 Å². The SMILES string of the molecule is Cc1ccc(-n2cc(C(F)F)ccc2=O)cc1. The molecule has 1 heterocycles. The molecular weight excluding hydrogens is 224 g/mol. The van der Waals surface area contributed by atoms with Crippen LogP contribution in [0, 0.1) is 6.92 Å². The van der Waals surface area contributed by atoms with E-state index in [1.165, 1.54) is 10.8 Å². The Kier molecular flexibility index (Phi) is 3.04. The van der Waals surface area contributed by atoms with Gasteiger partial charge in [0.15, 0.2) is 0 Å². The van der Waals surface area contributed by atoms with Gasteiger partial charge in [-0.05, 0) is 25.1 Å². The van der Waals surface area contributed by atoms with Crippen LogP contribution in [0.1, 0.15) is 17.6 Å². The molecule has 0 aliphatic rings. The maximum absolute atomic E-state index is 12.5. The average molecular weight is 235 g/mol. The van der Waals surface area contributed by atoms with E-state index in [4.69, 9.17) is 0 Å². The molecule has 2 nitrogen and oxygen atoms in total. The summed E-state index contributed by atoms with van der Waals surface area (Å²) in [6.07, 6.45) is -1.40. The van der Waals surface area contributed by atoms with Crippen molar-refractivity contribution in [3.05, 3.63) is 64.1 Å². The summed E-state index contributed by atoms with van der Waals surface area (Å²) in [5, 5.41) is 0. The zero-order valence-electron chi connectivity index (χ0n) is 9.23. The summed E-state index contributed by atoms with van der Waals surface area (Å²) in [6, 6.07) is 9.42. The second kappa shape index (κ2) is 4.49. The van der Waals surface area contributed by atoms with Crippen LogP contribution in [0.3, 0.4) is 0 Å². The summed E-state index contributed by atoms with van der Waals surface area (Å²) in [6.45, 7) is 1.92. The summed E-state index contributed by atoms with van der Waals surface area (Å²) in [7, 11) is 0. The molecule has 0 saturated heterocycles. The molecule has 0 radical (unpaired) electrons. The maximum Gasteiger partial charge on any atom is 0.265 e. The lowest BCUT2D eigenvalue weighted by Crippen LogP contribution is -2.17. The highest BCUT2D eigenvalue weighted by Crippen LogP contribution is 2.18. The molecule has 4 heteroatoms. The molecule has 0 unspecified atom stereocenters. The molecule has 1 aromatic carbocycles. The monoisotopic (exact) mass is 235 g/mol. The van der Waals surface area contributed by atoms with Crippen LogP contribution in [0.15, 0.2) is 47.4 Å². The standard InChI is InChI=1S/C13H11F2NO/c1-9-2-5-11(6-3-9)16-8-10(13(14)15)4-7-12(16)17/h2-8,13H,1H3. The number of benzene rings is 1. The van der Waals surface area contributed by atoms with Gasteiger partial charge in [-0.2, -0.15) is 0 Å². The Morgan fingerprint density at radius 2 is 1.71 bits per heavy atom. The molecule has 1 aromatic heterocycles. The van der Waals surface area contributed by atoms with Crippen molar-refractivity contribution < 1.29 is 8.78 Å². The number of pyridine rings is 1. The molecule has 17 heavy (non-hydrogen) atoms. The Hall–Kier alpha value is -1.97. The molecule has 0 saturated carbocycles. The van der Waals surface area contributed by atoms with Crippen molar-refractivity contribution in [3.8, 4) is 5.69 Å². The van der Waals surface area contributed by atoms with Gasteiger partial charge < -0.3 is 0 Å². The first-order chi connectivity index (χ1) is 8.08. The van der Waals surface area contributed by atoms with Gasteiger partial charge in [-0.3, -0.25) is 9.36 Å². The highest BCUT2D eigenvalue weighted by Gasteiger charge is 2.09. The van der Waals surface area contributed by atoms with Gasteiger partial charge in [-0.25, -0.2) is 8.78 Å². The summed E-state index contributed by atoms with van der Waals surface area (Å²) >= 11 is 0. The minimum absolute atomic E-state index is 0.162. The first-order valence-corrected chi connectivity index (χ1v) is 5.16. The molecule has 0 fully saturated rings. The quantitative estimate of drug-likeness (QED) is 0.784. The van der Waals surface area contributed by atoms with Gasteiger partial charge in [-0.15, -0.1) is 0 Å². The predicted molar refractivity (Wildman–Crippen MR) is 61.7 cm³/mol. The zero-order valence-corrected chi connectivity index (χ0v) is 9.23. The van der Waals surface area contributed by atoms with Gasteiger partial charge in [-0.1, -0.05) is 17.7 Å². The predicted octanol–water partition coefficient (Wildman–Crippen LogP) is 3.08. The van der Waals surface area contributed by atoms with E-state index >= 15 is 0 Å². The van der Waals surface area contributed by atoms with Gasteiger partial charge in [0.1, 0.15) is 0 Å². The first-order valence-electron chi connectivity index (χ1n) is 5.16. The van der Waals surface area contributed by atoms with Crippen molar-refractivity contribution in [2.75, 3.05) is 0 Å². The van der Waals surface area contributed by atoms with Crippen molar-refractivity contribution in [1.29, 1.82) is 0 Å². The van der Waals surface area contributed by atoms with Gasteiger partial charge in [0.2, 0.25) is 0 Å². The fourth-order valence-corrected chi connectivity index (χ4v) is 1.54. The summed E-state index contributed by atoms with van der Waals surface area (Å²) in [5.41, 5.74) is 1.15. The topological polar surface area (TPSA) is 22.0 Å². The molecule has 0 bridgehead atoms. The van der Waals surface area contributed by atoms with E-state index in [-0.39, 0.29) is 11.1 Å². The fourth-order valence-electron chi connectivity index (χ4n) is 1.54. The molecule has 2 rings (SSSR count). The van der Waals surface area contributed by atoms with Crippen LogP contribution in [-0.4, -0.2) is 4.57 Å². The van der Waals surface area contributed by atoms with Gasteiger partial charge in [0.05, 0.1) is 0 Å². The lowest BCUT2D eigenvalue weighted by molar-refractivity contribution is 0.150. The Bertz CT molecular complexity index is 573. The van der Waals surface area contributed by atoms with Crippen LogP contribution in [0.2, 0.25) is 0 Å². The lowest BCUT2D eigenvalue weighted by Gasteiger charge is -2.08. The van der Waals surface area contributed by atoms with Crippen LogP contribution in [-0.2, 0) is 0 Å². The molecule has 0 amide bonds. The smallest absolute Gasteiger partial charge is 0.265 e. The maximum atomic E-state index is 12.5. The van der Waals surface area contributed by atoms with Gasteiger partial charge >= 0.3 is 0 Å². The third kappa shape index (κ3) is 2.41. The minimum atomic E-state index is -2.58. The minimum Gasteiger partial charge on any atom is -0.284 e. The number of alkyl halides is 2. The summed E-state index contributed by atoms with van der Waals surface area (Å²) in [4.78, 5) is 11.6. The molecular formula is C13H11F2NO. The second-order valence-corrected chi connectivity index (χ2v) is 3.81. The largest absolute Gasteiger partial charge is 0.284 e.